The second-order valence-electron chi connectivity index (χ2n) is 4.24. The second-order valence-corrected chi connectivity index (χ2v) is 4.64. The fourth-order valence-corrected chi connectivity index (χ4v) is 2.64. The summed E-state index contributed by atoms with van der Waals surface area (Å²) in [5.41, 5.74) is 7.02. The molecule has 1 fully saturated rings. The Balaban J connectivity index is 0.00000128. The molecule has 0 spiro atoms. The normalized spacial score (nSPS) is 18.2. The molecule has 1 atom stereocenters. The number of hydrogen-bond acceptors (Lipinski definition) is 1. The first-order valence-electron chi connectivity index (χ1n) is 5.39. The average Bonchev–Trinajstić information content (AvgIpc) is 2.69. The predicted molar refractivity (Wildman–Crippen MR) is 67.5 cm³/mol. The molecular weight excluding hydrogens is 248 g/mol. The Hall–Kier alpha value is -0.310. The molecule has 0 bridgehead atoms. The minimum absolute atomic E-state index is 0. The Morgan fingerprint density at radius 2 is 1.94 bits per heavy atom. The summed E-state index contributed by atoms with van der Waals surface area (Å²) in [4.78, 5) is 0. The van der Waals surface area contributed by atoms with Crippen molar-refractivity contribution in [2.24, 2.45) is 11.7 Å². The van der Waals surface area contributed by atoms with Crippen molar-refractivity contribution >= 4 is 24.0 Å². The molecule has 1 aromatic rings. The number of halogens is 3. The van der Waals surface area contributed by atoms with E-state index in [4.69, 9.17) is 17.3 Å². The molecular formula is C12H16Cl2FN. The number of nitrogens with two attached hydrogens (primary N) is 1. The first kappa shape index (κ1) is 13.8. The average molecular weight is 264 g/mol. The minimum atomic E-state index is -0.303. The highest BCUT2D eigenvalue weighted by Crippen LogP contribution is 2.36. The molecule has 0 heterocycles. The van der Waals surface area contributed by atoms with E-state index in [-0.39, 0.29) is 24.3 Å². The van der Waals surface area contributed by atoms with Crippen molar-refractivity contribution in [2.45, 2.75) is 31.7 Å². The van der Waals surface area contributed by atoms with Gasteiger partial charge in [-0.3, -0.25) is 0 Å². The van der Waals surface area contributed by atoms with Gasteiger partial charge in [0.1, 0.15) is 5.82 Å². The predicted octanol–water partition coefficient (Wildman–Crippen LogP) is 4.09. The fourth-order valence-electron chi connectivity index (χ4n) is 2.34. The van der Waals surface area contributed by atoms with Gasteiger partial charge in [-0.25, -0.2) is 4.39 Å². The molecule has 0 aliphatic heterocycles. The van der Waals surface area contributed by atoms with Gasteiger partial charge in [0.15, 0.2) is 0 Å². The lowest BCUT2D eigenvalue weighted by Gasteiger charge is -2.20. The zero-order chi connectivity index (χ0) is 10.8. The van der Waals surface area contributed by atoms with Gasteiger partial charge in [0, 0.05) is 11.1 Å². The van der Waals surface area contributed by atoms with Crippen molar-refractivity contribution in [3.05, 3.63) is 34.6 Å². The maximum absolute atomic E-state index is 12.9. The number of hydrogen-bond donors (Lipinski definition) is 1. The molecule has 4 heteroatoms. The molecule has 16 heavy (non-hydrogen) atoms. The maximum Gasteiger partial charge on any atom is 0.124 e. The first-order valence-corrected chi connectivity index (χ1v) is 5.77. The van der Waals surface area contributed by atoms with Gasteiger partial charge < -0.3 is 5.73 Å². The summed E-state index contributed by atoms with van der Waals surface area (Å²) >= 11 is 5.98. The topological polar surface area (TPSA) is 26.0 Å². The van der Waals surface area contributed by atoms with Crippen LogP contribution in [0.15, 0.2) is 18.2 Å². The summed E-state index contributed by atoms with van der Waals surface area (Å²) in [6, 6.07) is 4.43. The van der Waals surface area contributed by atoms with Crippen LogP contribution in [0.1, 0.15) is 37.3 Å². The summed E-state index contributed by atoms with van der Waals surface area (Å²) < 4.78 is 12.9. The Morgan fingerprint density at radius 3 is 2.50 bits per heavy atom. The third-order valence-corrected chi connectivity index (χ3v) is 3.56. The number of benzene rings is 1. The molecule has 1 aromatic carbocycles. The van der Waals surface area contributed by atoms with Gasteiger partial charge in [0.05, 0.1) is 0 Å². The Kier molecular flexibility index (Phi) is 5.03. The first-order chi connectivity index (χ1) is 7.18. The molecule has 1 aliphatic carbocycles. The van der Waals surface area contributed by atoms with Crippen molar-refractivity contribution in [1.29, 1.82) is 0 Å². The molecule has 2 rings (SSSR count). The van der Waals surface area contributed by atoms with Gasteiger partial charge >= 0.3 is 0 Å². The fraction of sp³-hybridized carbons (Fsp3) is 0.500. The molecule has 1 nitrogen and oxygen atoms in total. The summed E-state index contributed by atoms with van der Waals surface area (Å²) in [5.74, 6) is 0.204. The van der Waals surface area contributed by atoms with E-state index in [0.717, 1.165) is 18.4 Å². The highest BCUT2D eigenvalue weighted by molar-refractivity contribution is 6.31. The van der Waals surface area contributed by atoms with Crippen LogP contribution in [0.2, 0.25) is 5.02 Å². The van der Waals surface area contributed by atoms with Crippen molar-refractivity contribution < 1.29 is 4.39 Å². The lowest BCUT2D eigenvalue weighted by Crippen LogP contribution is -2.19. The van der Waals surface area contributed by atoms with Crippen molar-refractivity contribution in [1.82, 2.24) is 0 Å². The molecule has 2 N–H and O–H groups in total. The van der Waals surface area contributed by atoms with Crippen LogP contribution in [0.4, 0.5) is 4.39 Å². The maximum atomic E-state index is 12.9. The lowest BCUT2D eigenvalue weighted by atomic mass is 9.92. The van der Waals surface area contributed by atoms with Crippen LogP contribution in [-0.2, 0) is 0 Å². The SMILES string of the molecule is Cl.N[C@H](c1ccc(F)cc1Cl)C1CCCC1. The zero-order valence-electron chi connectivity index (χ0n) is 8.96. The van der Waals surface area contributed by atoms with E-state index >= 15 is 0 Å². The number of rotatable bonds is 2. The second kappa shape index (κ2) is 5.85. The van der Waals surface area contributed by atoms with E-state index < -0.39 is 0 Å². The molecule has 0 aromatic heterocycles. The highest BCUT2D eigenvalue weighted by Gasteiger charge is 2.24. The van der Waals surface area contributed by atoms with E-state index in [1.807, 2.05) is 0 Å². The van der Waals surface area contributed by atoms with Crippen LogP contribution in [-0.4, -0.2) is 0 Å². The van der Waals surface area contributed by atoms with Crippen LogP contribution in [0.3, 0.4) is 0 Å². The van der Waals surface area contributed by atoms with Crippen molar-refractivity contribution in [3.8, 4) is 0 Å². The van der Waals surface area contributed by atoms with Crippen molar-refractivity contribution in [3.63, 3.8) is 0 Å². The van der Waals surface area contributed by atoms with E-state index in [1.54, 1.807) is 6.07 Å². The molecule has 0 unspecified atom stereocenters. The van der Waals surface area contributed by atoms with Crippen molar-refractivity contribution in [2.75, 3.05) is 0 Å². The van der Waals surface area contributed by atoms with Gasteiger partial charge in [-0.05, 0) is 36.5 Å². The standard InChI is InChI=1S/C12H15ClFN.ClH/c13-11-7-9(14)5-6-10(11)12(15)8-3-1-2-4-8;/h5-8,12H,1-4,15H2;1H/t12-;/m0./s1. The van der Waals surface area contributed by atoms with Gasteiger partial charge in [-0.1, -0.05) is 30.5 Å². The largest absolute Gasteiger partial charge is 0.324 e. The minimum Gasteiger partial charge on any atom is -0.324 e. The van der Waals surface area contributed by atoms with Crippen LogP contribution < -0.4 is 5.73 Å². The van der Waals surface area contributed by atoms with Crippen LogP contribution in [0, 0.1) is 11.7 Å². The van der Waals surface area contributed by atoms with E-state index in [2.05, 4.69) is 0 Å². The molecule has 0 amide bonds. The van der Waals surface area contributed by atoms with E-state index in [0.29, 0.717) is 10.9 Å². The quantitative estimate of drug-likeness (QED) is 0.855. The Bertz CT molecular complexity index is 351. The zero-order valence-corrected chi connectivity index (χ0v) is 10.5. The van der Waals surface area contributed by atoms with E-state index in [1.165, 1.54) is 25.0 Å². The van der Waals surface area contributed by atoms with Crippen LogP contribution in [0.5, 0.6) is 0 Å². The van der Waals surface area contributed by atoms with Crippen LogP contribution >= 0.6 is 24.0 Å². The molecule has 1 saturated carbocycles. The molecule has 90 valence electrons. The smallest absolute Gasteiger partial charge is 0.124 e. The van der Waals surface area contributed by atoms with Gasteiger partial charge in [-0.15, -0.1) is 12.4 Å². The molecule has 0 saturated heterocycles. The lowest BCUT2D eigenvalue weighted by molar-refractivity contribution is 0.444. The monoisotopic (exact) mass is 263 g/mol. The summed E-state index contributed by atoms with van der Waals surface area (Å²) in [6.07, 6.45) is 4.82. The highest BCUT2D eigenvalue weighted by atomic mass is 35.5. The molecule has 0 radical (unpaired) electrons. The summed E-state index contributed by atoms with van der Waals surface area (Å²) in [6.45, 7) is 0. The summed E-state index contributed by atoms with van der Waals surface area (Å²) in [5, 5.41) is 0.453. The van der Waals surface area contributed by atoms with Gasteiger partial charge in [0.2, 0.25) is 0 Å². The third-order valence-electron chi connectivity index (χ3n) is 3.23. The van der Waals surface area contributed by atoms with Gasteiger partial charge in [0.25, 0.3) is 0 Å². The third kappa shape index (κ3) is 2.88. The summed E-state index contributed by atoms with van der Waals surface area (Å²) in [7, 11) is 0. The van der Waals surface area contributed by atoms with Crippen LogP contribution in [0.25, 0.3) is 0 Å². The molecule has 1 aliphatic rings. The Labute approximate surface area is 107 Å². The van der Waals surface area contributed by atoms with Gasteiger partial charge in [-0.2, -0.15) is 0 Å². The Morgan fingerprint density at radius 1 is 1.31 bits per heavy atom. The van der Waals surface area contributed by atoms with E-state index in [9.17, 15) is 4.39 Å².